The summed E-state index contributed by atoms with van der Waals surface area (Å²) in [5.41, 5.74) is -0.325. The van der Waals surface area contributed by atoms with Crippen molar-refractivity contribution >= 4 is 45.0 Å². The second-order valence-corrected chi connectivity index (χ2v) is 8.29. The zero-order valence-electron chi connectivity index (χ0n) is 19.0. The topological polar surface area (TPSA) is 68.6 Å². The minimum absolute atomic E-state index is 0.0874. The van der Waals surface area contributed by atoms with Crippen molar-refractivity contribution in [1.29, 1.82) is 0 Å². The van der Waals surface area contributed by atoms with Crippen molar-refractivity contribution in [2.75, 3.05) is 11.9 Å². The van der Waals surface area contributed by atoms with E-state index in [9.17, 15) is 18.8 Å². The molecule has 0 radical (unpaired) electrons. The van der Waals surface area contributed by atoms with Gasteiger partial charge in [0.05, 0.1) is 10.6 Å². The average Bonchev–Trinajstić information content (AvgIpc) is 3.53. The van der Waals surface area contributed by atoms with E-state index in [1.54, 1.807) is 19.9 Å². The number of aromatic nitrogens is 1. The largest absolute Gasteiger partial charge is 0.446 e. The molecule has 1 saturated carbocycles. The minimum atomic E-state index is -0.837. The van der Waals surface area contributed by atoms with Crippen molar-refractivity contribution in [3.05, 3.63) is 49.3 Å². The fourth-order valence-corrected chi connectivity index (χ4v) is 3.73. The molecule has 1 fully saturated rings. The standard InChI is InChI=1S/C18H18BrFN2O4S.2C2H6/c1-9(2)26-18(25)22-17(24)12(8-27-22)16(23)11-6-14(20)13(19)7-15(11)21(3)10-4-5-10;2*1-2/h6-10H,4-5H2,1-3H3;2*1-2H3. The van der Waals surface area contributed by atoms with Gasteiger partial charge in [0, 0.05) is 29.7 Å². The maximum atomic E-state index is 14.1. The maximum absolute atomic E-state index is 14.1. The van der Waals surface area contributed by atoms with Gasteiger partial charge in [-0.3, -0.25) is 9.59 Å². The molecule has 1 aliphatic rings. The Hall–Kier alpha value is -2.00. The highest BCUT2D eigenvalue weighted by molar-refractivity contribution is 9.10. The zero-order valence-corrected chi connectivity index (χ0v) is 21.4. The van der Waals surface area contributed by atoms with Crippen LogP contribution in [0.1, 0.15) is 70.3 Å². The Morgan fingerprint density at radius 3 is 2.29 bits per heavy atom. The highest BCUT2D eigenvalue weighted by atomic mass is 79.9. The molecule has 172 valence electrons. The van der Waals surface area contributed by atoms with E-state index in [0.29, 0.717) is 5.69 Å². The Kier molecular flexibility index (Phi) is 10.6. The molecule has 0 amide bonds. The average molecular weight is 517 g/mol. The first-order valence-electron chi connectivity index (χ1n) is 10.4. The van der Waals surface area contributed by atoms with E-state index in [0.717, 1.165) is 34.4 Å². The van der Waals surface area contributed by atoms with Crippen LogP contribution in [-0.4, -0.2) is 35.0 Å². The fraction of sp³-hybridized carbons (Fsp3) is 0.500. The van der Waals surface area contributed by atoms with Gasteiger partial charge in [0.15, 0.2) is 0 Å². The molecule has 0 aliphatic heterocycles. The SMILES string of the molecule is CC.CC.CC(C)OC(=O)n1scc(C(=O)c2cc(F)c(Br)cc2N(C)C2CC2)c1=O. The Labute approximate surface area is 195 Å². The van der Waals surface area contributed by atoms with Crippen LogP contribution in [0.25, 0.3) is 0 Å². The molecule has 1 aromatic heterocycles. The first kappa shape index (κ1) is 27.0. The predicted molar refractivity (Wildman–Crippen MR) is 127 cm³/mol. The van der Waals surface area contributed by atoms with Gasteiger partial charge in [-0.1, -0.05) is 39.2 Å². The van der Waals surface area contributed by atoms with Gasteiger partial charge in [-0.05, 0) is 54.8 Å². The van der Waals surface area contributed by atoms with Crippen LogP contribution < -0.4 is 10.5 Å². The van der Waals surface area contributed by atoms with Gasteiger partial charge < -0.3 is 9.64 Å². The summed E-state index contributed by atoms with van der Waals surface area (Å²) in [6.45, 7) is 11.3. The Balaban J connectivity index is 0.00000113. The molecule has 1 aromatic carbocycles. The molecule has 6 nitrogen and oxygen atoms in total. The van der Waals surface area contributed by atoms with E-state index in [-0.39, 0.29) is 21.6 Å². The number of hydrogen-bond donors (Lipinski definition) is 0. The summed E-state index contributed by atoms with van der Waals surface area (Å²) in [5, 5.41) is 1.30. The number of carbonyl (C=O) groups excluding carboxylic acids is 2. The first-order chi connectivity index (χ1) is 14.7. The van der Waals surface area contributed by atoms with Crippen LogP contribution in [0, 0.1) is 5.82 Å². The Morgan fingerprint density at radius 1 is 1.19 bits per heavy atom. The number of rotatable bonds is 5. The third kappa shape index (κ3) is 6.49. The third-order valence-corrected chi connectivity index (χ3v) is 5.67. The number of anilines is 1. The highest BCUT2D eigenvalue weighted by Crippen LogP contribution is 2.35. The monoisotopic (exact) mass is 516 g/mol. The molecule has 0 spiro atoms. The molecule has 0 unspecified atom stereocenters. The molecule has 2 aromatic rings. The van der Waals surface area contributed by atoms with Crippen LogP contribution in [0.15, 0.2) is 26.8 Å². The number of carbonyl (C=O) groups is 2. The van der Waals surface area contributed by atoms with Crippen LogP contribution in [0.3, 0.4) is 0 Å². The smallest absolute Gasteiger partial charge is 0.431 e. The van der Waals surface area contributed by atoms with Crippen molar-refractivity contribution in [1.82, 2.24) is 3.96 Å². The van der Waals surface area contributed by atoms with Gasteiger partial charge in [-0.15, -0.1) is 0 Å². The number of halogens is 2. The van der Waals surface area contributed by atoms with E-state index in [4.69, 9.17) is 4.74 Å². The summed E-state index contributed by atoms with van der Waals surface area (Å²) >= 11 is 3.93. The minimum Gasteiger partial charge on any atom is -0.446 e. The van der Waals surface area contributed by atoms with E-state index >= 15 is 0 Å². The number of ketones is 1. The van der Waals surface area contributed by atoms with Crippen molar-refractivity contribution in [2.24, 2.45) is 0 Å². The molecule has 1 aliphatic carbocycles. The quantitative estimate of drug-likeness (QED) is 0.450. The van der Waals surface area contributed by atoms with E-state index in [2.05, 4.69) is 15.9 Å². The van der Waals surface area contributed by atoms with Crippen LogP contribution in [-0.2, 0) is 4.74 Å². The lowest BCUT2D eigenvalue weighted by atomic mass is 10.0. The second kappa shape index (κ2) is 12.1. The normalized spacial score (nSPS) is 12.3. The van der Waals surface area contributed by atoms with Crippen molar-refractivity contribution in [2.45, 2.75) is 66.5 Å². The van der Waals surface area contributed by atoms with Crippen LogP contribution in [0.4, 0.5) is 14.9 Å². The Morgan fingerprint density at radius 2 is 1.77 bits per heavy atom. The summed E-state index contributed by atoms with van der Waals surface area (Å²) in [4.78, 5) is 39.4. The predicted octanol–water partition coefficient (Wildman–Crippen LogP) is 6.09. The summed E-state index contributed by atoms with van der Waals surface area (Å²) in [6, 6.07) is 2.95. The molecule has 0 saturated heterocycles. The number of ether oxygens (including phenoxy) is 1. The van der Waals surface area contributed by atoms with Crippen LogP contribution >= 0.6 is 27.5 Å². The van der Waals surface area contributed by atoms with Gasteiger partial charge in [0.1, 0.15) is 11.4 Å². The molecular weight excluding hydrogens is 487 g/mol. The molecule has 0 atom stereocenters. The molecule has 31 heavy (non-hydrogen) atoms. The highest BCUT2D eigenvalue weighted by Gasteiger charge is 2.31. The number of hydrogen-bond acceptors (Lipinski definition) is 6. The van der Waals surface area contributed by atoms with Crippen LogP contribution in [0.5, 0.6) is 0 Å². The first-order valence-corrected chi connectivity index (χ1v) is 12.0. The second-order valence-electron chi connectivity index (χ2n) is 6.62. The lowest BCUT2D eigenvalue weighted by molar-refractivity contribution is 0.103. The zero-order chi connectivity index (χ0) is 23.9. The molecule has 1 heterocycles. The third-order valence-electron chi connectivity index (χ3n) is 4.20. The van der Waals surface area contributed by atoms with Gasteiger partial charge in [-0.25, -0.2) is 9.18 Å². The summed E-state index contributed by atoms with van der Waals surface area (Å²) < 4.78 is 20.1. The van der Waals surface area contributed by atoms with Crippen LogP contribution in [0.2, 0.25) is 0 Å². The van der Waals surface area contributed by atoms with Crippen molar-refractivity contribution < 1.29 is 18.7 Å². The van der Waals surface area contributed by atoms with E-state index in [1.807, 2.05) is 39.6 Å². The maximum Gasteiger partial charge on any atom is 0.431 e. The number of benzene rings is 1. The lowest BCUT2D eigenvalue weighted by Crippen LogP contribution is -2.29. The van der Waals surface area contributed by atoms with Gasteiger partial charge in [0.2, 0.25) is 5.78 Å². The molecule has 3 rings (SSSR count). The van der Waals surface area contributed by atoms with E-state index < -0.39 is 29.4 Å². The number of nitrogens with zero attached hydrogens (tertiary/aromatic N) is 2. The molecular formula is C22H30BrFN2O4S. The van der Waals surface area contributed by atoms with Crippen molar-refractivity contribution in [3.63, 3.8) is 0 Å². The molecule has 9 heteroatoms. The summed E-state index contributed by atoms with van der Waals surface area (Å²) in [6.07, 6.45) is 0.748. The molecule has 0 bridgehead atoms. The summed E-state index contributed by atoms with van der Waals surface area (Å²) in [5.74, 6) is -1.22. The van der Waals surface area contributed by atoms with Gasteiger partial charge in [0.25, 0.3) is 5.56 Å². The fourth-order valence-electron chi connectivity index (χ4n) is 2.65. The van der Waals surface area contributed by atoms with E-state index in [1.165, 1.54) is 5.38 Å². The summed E-state index contributed by atoms with van der Waals surface area (Å²) in [7, 11) is 1.83. The Bertz CT molecular complexity index is 967. The molecule has 0 N–H and O–H groups in total. The van der Waals surface area contributed by atoms with Crippen molar-refractivity contribution in [3.8, 4) is 0 Å². The van der Waals surface area contributed by atoms with Gasteiger partial charge in [-0.2, -0.15) is 3.96 Å². The lowest BCUT2D eigenvalue weighted by Gasteiger charge is -2.22. The van der Waals surface area contributed by atoms with Gasteiger partial charge >= 0.3 is 6.09 Å².